The average molecular weight is 382 g/mol. The van der Waals surface area contributed by atoms with Gasteiger partial charge in [0.05, 0.1) is 10.4 Å². The summed E-state index contributed by atoms with van der Waals surface area (Å²) in [5.74, 6) is 0. The third-order valence-electron chi connectivity index (χ3n) is 2.13. The summed E-state index contributed by atoms with van der Waals surface area (Å²) in [5.41, 5.74) is 0.625. The van der Waals surface area contributed by atoms with Gasteiger partial charge in [-0.15, -0.1) is 11.3 Å². The molecule has 1 aromatic rings. The minimum absolute atomic E-state index is 0.186. The molecule has 0 atom stereocenters. The van der Waals surface area contributed by atoms with Crippen LogP contribution < -0.4 is 0 Å². The van der Waals surface area contributed by atoms with Gasteiger partial charge in [0.15, 0.2) is 0 Å². The molecule has 0 aliphatic carbocycles. The fraction of sp³-hybridized carbons (Fsp3) is 0.556. The largest absolute Gasteiger partial charge is 0.402 e. The van der Waals surface area contributed by atoms with Gasteiger partial charge >= 0.3 is 6.18 Å². The van der Waals surface area contributed by atoms with E-state index in [0.717, 1.165) is 11.3 Å². The molecule has 1 N–H and O–H groups in total. The van der Waals surface area contributed by atoms with Crippen LogP contribution >= 0.6 is 27.3 Å². The van der Waals surface area contributed by atoms with Crippen LogP contribution in [-0.2, 0) is 10.0 Å². The first-order valence-corrected chi connectivity index (χ1v) is 8.06. The van der Waals surface area contributed by atoms with Crippen molar-refractivity contribution in [3.05, 3.63) is 15.4 Å². The number of halogens is 4. The standard InChI is InChI=1S/C9H11BrF3NO3S2/c1-6-4-7(18-8(6)10)19(16,17)14(2-3-15)5-9(11,12)13/h4,15H,2-3,5H2,1H3. The molecule has 19 heavy (non-hydrogen) atoms. The Bertz CT molecular complexity index is 522. The highest BCUT2D eigenvalue weighted by Crippen LogP contribution is 2.33. The number of thiophene rings is 1. The Morgan fingerprint density at radius 3 is 2.42 bits per heavy atom. The number of aryl methyl sites for hydroxylation is 1. The third-order valence-corrected chi connectivity index (χ3v) is 6.56. The normalized spacial score (nSPS) is 13.2. The number of alkyl halides is 3. The molecule has 0 saturated heterocycles. The molecule has 1 aromatic heterocycles. The lowest BCUT2D eigenvalue weighted by atomic mass is 10.4. The van der Waals surface area contributed by atoms with Crippen LogP contribution in [-0.4, -0.2) is 43.7 Å². The van der Waals surface area contributed by atoms with Gasteiger partial charge in [-0.1, -0.05) is 0 Å². The Balaban J connectivity index is 3.12. The van der Waals surface area contributed by atoms with Crippen LogP contribution in [0.2, 0.25) is 0 Å². The number of sulfonamides is 1. The molecule has 0 unspecified atom stereocenters. The zero-order valence-corrected chi connectivity index (χ0v) is 13.0. The maximum Gasteiger partial charge on any atom is 0.402 e. The van der Waals surface area contributed by atoms with Crippen molar-refractivity contribution in [1.29, 1.82) is 0 Å². The molecule has 10 heteroatoms. The van der Waals surface area contributed by atoms with Crippen molar-refractivity contribution in [3.63, 3.8) is 0 Å². The fourth-order valence-corrected chi connectivity index (χ4v) is 5.08. The van der Waals surface area contributed by atoms with E-state index in [4.69, 9.17) is 5.11 Å². The first-order chi connectivity index (χ1) is 8.58. The highest BCUT2D eigenvalue weighted by atomic mass is 79.9. The third kappa shape index (κ3) is 4.42. The van der Waals surface area contributed by atoms with Crippen LogP contribution in [0, 0.1) is 6.92 Å². The predicted molar refractivity (Wildman–Crippen MR) is 68.7 cm³/mol. The van der Waals surface area contributed by atoms with Gasteiger partial charge < -0.3 is 5.11 Å². The monoisotopic (exact) mass is 381 g/mol. The maximum absolute atomic E-state index is 12.4. The van der Waals surface area contributed by atoms with Gasteiger partial charge in [0.2, 0.25) is 0 Å². The van der Waals surface area contributed by atoms with E-state index in [0.29, 0.717) is 9.35 Å². The van der Waals surface area contributed by atoms with Gasteiger partial charge in [0.1, 0.15) is 10.8 Å². The van der Waals surface area contributed by atoms with Gasteiger partial charge in [0.25, 0.3) is 10.0 Å². The molecule has 1 rings (SSSR count). The summed E-state index contributed by atoms with van der Waals surface area (Å²) in [6.45, 7) is -1.26. The zero-order chi connectivity index (χ0) is 14.8. The van der Waals surface area contributed by atoms with Crippen molar-refractivity contribution in [2.45, 2.75) is 17.3 Å². The fourth-order valence-electron chi connectivity index (χ4n) is 1.28. The lowest BCUT2D eigenvalue weighted by molar-refractivity contribution is -0.136. The summed E-state index contributed by atoms with van der Waals surface area (Å²) in [6.07, 6.45) is -4.66. The summed E-state index contributed by atoms with van der Waals surface area (Å²) >= 11 is 3.96. The van der Waals surface area contributed by atoms with Crippen molar-refractivity contribution >= 4 is 37.3 Å². The first kappa shape index (κ1) is 16.9. The Kier molecular flexibility index (Phi) is 5.41. The van der Waals surface area contributed by atoms with Gasteiger partial charge in [-0.25, -0.2) is 8.42 Å². The van der Waals surface area contributed by atoms with Crippen molar-refractivity contribution in [3.8, 4) is 0 Å². The molecule has 4 nitrogen and oxygen atoms in total. The molecule has 0 radical (unpaired) electrons. The molecular weight excluding hydrogens is 371 g/mol. The minimum Gasteiger partial charge on any atom is -0.395 e. The lowest BCUT2D eigenvalue weighted by Gasteiger charge is -2.21. The van der Waals surface area contributed by atoms with Crippen LogP contribution in [0.25, 0.3) is 0 Å². The molecule has 0 aliphatic rings. The second kappa shape index (κ2) is 6.08. The maximum atomic E-state index is 12.4. The van der Waals surface area contributed by atoms with Crippen molar-refractivity contribution < 1.29 is 26.7 Å². The predicted octanol–water partition coefficient (Wildman–Crippen LogP) is 2.36. The summed E-state index contributed by atoms with van der Waals surface area (Å²) in [4.78, 5) is 0. The van der Waals surface area contributed by atoms with Crippen LogP contribution in [0.5, 0.6) is 0 Å². The molecule has 0 saturated carbocycles. The summed E-state index contributed by atoms with van der Waals surface area (Å²) in [5, 5.41) is 8.72. The van der Waals surface area contributed by atoms with Crippen molar-refractivity contribution in [2.24, 2.45) is 0 Å². The summed E-state index contributed by atoms with van der Waals surface area (Å²) in [7, 11) is -4.26. The molecule has 0 spiro atoms. The topological polar surface area (TPSA) is 57.6 Å². The highest BCUT2D eigenvalue weighted by molar-refractivity contribution is 9.11. The zero-order valence-electron chi connectivity index (χ0n) is 9.74. The average Bonchev–Trinajstić information content (AvgIpc) is 2.57. The van der Waals surface area contributed by atoms with Gasteiger partial charge in [-0.3, -0.25) is 0 Å². The van der Waals surface area contributed by atoms with Gasteiger partial charge in [-0.2, -0.15) is 17.5 Å². The molecular formula is C9H11BrF3NO3S2. The quantitative estimate of drug-likeness (QED) is 0.851. The van der Waals surface area contributed by atoms with E-state index in [1.54, 1.807) is 6.92 Å². The minimum atomic E-state index is -4.66. The number of rotatable bonds is 5. The van der Waals surface area contributed by atoms with E-state index in [9.17, 15) is 21.6 Å². The highest BCUT2D eigenvalue weighted by Gasteiger charge is 2.37. The van der Waals surface area contributed by atoms with Gasteiger partial charge in [-0.05, 0) is 34.5 Å². The van der Waals surface area contributed by atoms with Crippen molar-refractivity contribution in [2.75, 3.05) is 19.7 Å². The molecule has 0 aliphatic heterocycles. The van der Waals surface area contributed by atoms with E-state index in [1.807, 2.05) is 0 Å². The molecule has 0 fully saturated rings. The molecule has 1 heterocycles. The first-order valence-electron chi connectivity index (χ1n) is 5.01. The number of hydrogen-bond acceptors (Lipinski definition) is 4. The van der Waals surface area contributed by atoms with E-state index in [1.165, 1.54) is 6.07 Å². The Labute approximate surface area is 121 Å². The number of nitrogens with zero attached hydrogens (tertiary/aromatic N) is 1. The number of hydrogen-bond donors (Lipinski definition) is 1. The van der Waals surface area contributed by atoms with E-state index < -0.39 is 35.9 Å². The lowest BCUT2D eigenvalue weighted by Crippen LogP contribution is -2.40. The van der Waals surface area contributed by atoms with Crippen LogP contribution in [0.1, 0.15) is 5.56 Å². The van der Waals surface area contributed by atoms with Gasteiger partial charge in [0, 0.05) is 6.54 Å². The Morgan fingerprint density at radius 1 is 1.47 bits per heavy atom. The summed E-state index contributed by atoms with van der Waals surface area (Å²) in [6, 6.07) is 1.30. The second-order valence-corrected chi connectivity index (χ2v) is 8.23. The van der Waals surface area contributed by atoms with E-state index in [-0.39, 0.29) is 8.51 Å². The number of aliphatic hydroxyl groups is 1. The second-order valence-electron chi connectivity index (χ2n) is 3.70. The van der Waals surface area contributed by atoms with Crippen LogP contribution in [0.15, 0.2) is 14.1 Å². The number of aliphatic hydroxyl groups excluding tert-OH is 1. The Morgan fingerprint density at radius 2 is 2.05 bits per heavy atom. The van der Waals surface area contributed by atoms with Crippen molar-refractivity contribution in [1.82, 2.24) is 4.31 Å². The van der Waals surface area contributed by atoms with E-state index in [2.05, 4.69) is 15.9 Å². The van der Waals surface area contributed by atoms with Crippen LogP contribution in [0.3, 0.4) is 0 Å². The van der Waals surface area contributed by atoms with Crippen LogP contribution in [0.4, 0.5) is 13.2 Å². The molecule has 110 valence electrons. The smallest absolute Gasteiger partial charge is 0.395 e. The molecule has 0 aromatic carbocycles. The summed E-state index contributed by atoms with van der Waals surface area (Å²) < 4.78 is 61.8. The van der Waals surface area contributed by atoms with E-state index >= 15 is 0 Å². The SMILES string of the molecule is Cc1cc(S(=O)(=O)N(CCO)CC(F)(F)F)sc1Br. The molecule has 0 bridgehead atoms. The Hall–Kier alpha value is -0.160. The molecule has 0 amide bonds.